The Bertz CT molecular complexity index is 1030. The molecule has 144 valence electrons. The first-order valence-electron chi connectivity index (χ1n) is 8.58. The van der Waals surface area contributed by atoms with Crippen LogP contribution in [0.1, 0.15) is 31.7 Å². The van der Waals surface area contributed by atoms with Gasteiger partial charge < -0.3 is 9.47 Å². The molecular weight excluding hydrogens is 364 g/mol. The summed E-state index contributed by atoms with van der Waals surface area (Å²) in [7, 11) is 1.28. The van der Waals surface area contributed by atoms with Crippen molar-refractivity contribution in [3.8, 4) is 6.07 Å². The number of aliphatic imine (C=N–C) groups is 1. The molecule has 9 heteroatoms. The third-order valence-electron chi connectivity index (χ3n) is 4.60. The smallest absolute Gasteiger partial charge is 0.336 e. The van der Waals surface area contributed by atoms with Crippen molar-refractivity contribution in [3.05, 3.63) is 35.0 Å². The summed E-state index contributed by atoms with van der Waals surface area (Å²) in [6.45, 7) is 3.32. The Morgan fingerprint density at radius 1 is 1.29 bits per heavy atom. The fraction of sp³-hybridized carbons (Fsp3) is 0.368. The number of allylic oxidation sites excluding steroid dienone is 1. The molecule has 0 N–H and O–H groups in total. The summed E-state index contributed by atoms with van der Waals surface area (Å²) in [6, 6.07) is 7.13. The van der Waals surface area contributed by atoms with E-state index in [0.29, 0.717) is 28.0 Å². The Morgan fingerprint density at radius 2 is 2.07 bits per heavy atom. The molecule has 28 heavy (non-hydrogen) atoms. The van der Waals surface area contributed by atoms with Crippen LogP contribution in [0.25, 0.3) is 11.0 Å². The van der Waals surface area contributed by atoms with Gasteiger partial charge in [-0.2, -0.15) is 5.26 Å². The number of esters is 2. The van der Waals surface area contributed by atoms with Crippen LogP contribution in [0.3, 0.4) is 0 Å². The third-order valence-corrected chi connectivity index (χ3v) is 4.60. The van der Waals surface area contributed by atoms with Crippen molar-refractivity contribution < 1.29 is 23.7 Å². The van der Waals surface area contributed by atoms with Crippen LogP contribution in [0, 0.1) is 17.2 Å². The number of aromatic nitrogens is 2. The summed E-state index contributed by atoms with van der Waals surface area (Å²) in [5.41, 5.74) is 2.67. The molecule has 0 saturated heterocycles. The molecular formula is C19H18N4O5. The first kappa shape index (κ1) is 19.2. The highest BCUT2D eigenvalue weighted by atomic mass is 16.6. The Morgan fingerprint density at radius 3 is 2.79 bits per heavy atom. The second-order valence-corrected chi connectivity index (χ2v) is 6.25. The second-order valence-electron chi connectivity index (χ2n) is 6.25. The Kier molecular flexibility index (Phi) is 5.49. The maximum absolute atomic E-state index is 12.8. The Labute approximate surface area is 160 Å². The molecule has 0 saturated carbocycles. The zero-order valence-corrected chi connectivity index (χ0v) is 15.6. The summed E-state index contributed by atoms with van der Waals surface area (Å²) >= 11 is 0. The third kappa shape index (κ3) is 3.36. The Balaban J connectivity index is 2.17. The van der Waals surface area contributed by atoms with Crippen LogP contribution in [0.4, 0.5) is 0 Å². The van der Waals surface area contributed by atoms with Gasteiger partial charge in [0.15, 0.2) is 0 Å². The van der Waals surface area contributed by atoms with Gasteiger partial charge in [-0.1, -0.05) is 12.1 Å². The van der Waals surface area contributed by atoms with E-state index in [1.165, 1.54) is 7.11 Å². The fourth-order valence-corrected chi connectivity index (χ4v) is 3.42. The molecule has 0 spiro atoms. The molecule has 9 nitrogen and oxygen atoms in total. The van der Waals surface area contributed by atoms with Crippen LogP contribution in [0.15, 0.2) is 39.1 Å². The lowest BCUT2D eigenvalue weighted by Crippen LogP contribution is -2.36. The first-order chi connectivity index (χ1) is 13.5. The number of benzene rings is 1. The molecule has 2 aromatic rings. The minimum Gasteiger partial charge on any atom is -0.468 e. The molecule has 0 bridgehead atoms. The number of rotatable bonds is 5. The second kappa shape index (κ2) is 8.00. The molecule has 0 amide bonds. The topological polar surface area (TPSA) is 128 Å². The number of nitriles is 1. The molecule has 3 rings (SSSR count). The van der Waals surface area contributed by atoms with Crippen molar-refractivity contribution in [1.82, 2.24) is 10.3 Å². The van der Waals surface area contributed by atoms with E-state index in [0.717, 1.165) is 0 Å². The number of fused-ring (bicyclic) bond motifs is 1. The largest absolute Gasteiger partial charge is 0.468 e. The van der Waals surface area contributed by atoms with Crippen LogP contribution in [-0.2, 0) is 19.1 Å². The zero-order chi connectivity index (χ0) is 20.3. The van der Waals surface area contributed by atoms with E-state index >= 15 is 0 Å². The van der Waals surface area contributed by atoms with E-state index < -0.39 is 23.8 Å². The number of nitrogens with zero attached hydrogens (tertiary/aromatic N) is 4. The Hall–Kier alpha value is -3.54. The molecule has 0 fully saturated rings. The molecule has 1 aliphatic heterocycles. The minimum absolute atomic E-state index is 0.0554. The van der Waals surface area contributed by atoms with Gasteiger partial charge in [0.1, 0.15) is 23.6 Å². The highest BCUT2D eigenvalue weighted by Crippen LogP contribution is 2.41. The van der Waals surface area contributed by atoms with Gasteiger partial charge >= 0.3 is 11.9 Å². The van der Waals surface area contributed by atoms with Crippen molar-refractivity contribution in [2.75, 3.05) is 13.7 Å². The van der Waals surface area contributed by atoms with Crippen LogP contribution in [0.2, 0.25) is 0 Å². The van der Waals surface area contributed by atoms with Gasteiger partial charge in [-0.05, 0) is 35.8 Å². The SMILES string of the molecule is COC(=O)C1C(C)=NC(C)=C(C(=O)OCCC#N)C1c1cccc2nonc12. The van der Waals surface area contributed by atoms with Crippen LogP contribution >= 0.6 is 0 Å². The molecule has 2 heterocycles. The van der Waals surface area contributed by atoms with Gasteiger partial charge in [0.25, 0.3) is 0 Å². The lowest BCUT2D eigenvalue weighted by molar-refractivity contribution is -0.144. The van der Waals surface area contributed by atoms with Crippen molar-refractivity contribution in [2.45, 2.75) is 26.2 Å². The van der Waals surface area contributed by atoms with Gasteiger partial charge in [0.2, 0.25) is 0 Å². The lowest BCUT2D eigenvalue weighted by atomic mass is 9.75. The van der Waals surface area contributed by atoms with Gasteiger partial charge in [-0.25, -0.2) is 9.42 Å². The lowest BCUT2D eigenvalue weighted by Gasteiger charge is -2.31. The molecule has 1 aromatic carbocycles. The van der Waals surface area contributed by atoms with E-state index in [1.807, 2.05) is 6.07 Å². The number of methoxy groups -OCH3 is 1. The fourth-order valence-electron chi connectivity index (χ4n) is 3.42. The predicted molar refractivity (Wildman–Crippen MR) is 97.0 cm³/mol. The molecule has 0 aliphatic carbocycles. The molecule has 0 radical (unpaired) electrons. The van der Waals surface area contributed by atoms with E-state index in [-0.39, 0.29) is 18.6 Å². The van der Waals surface area contributed by atoms with Crippen LogP contribution in [-0.4, -0.2) is 41.7 Å². The van der Waals surface area contributed by atoms with Gasteiger partial charge in [0.05, 0.1) is 25.2 Å². The van der Waals surface area contributed by atoms with Crippen LogP contribution in [0.5, 0.6) is 0 Å². The van der Waals surface area contributed by atoms with Crippen molar-refractivity contribution in [2.24, 2.45) is 10.9 Å². The number of ether oxygens (including phenoxy) is 2. The zero-order valence-electron chi connectivity index (χ0n) is 15.6. The molecule has 2 unspecified atom stereocenters. The minimum atomic E-state index is -0.838. The van der Waals surface area contributed by atoms with Crippen molar-refractivity contribution >= 4 is 28.7 Å². The normalized spacial score (nSPS) is 19.1. The monoisotopic (exact) mass is 382 g/mol. The molecule has 1 aromatic heterocycles. The summed E-state index contributed by atoms with van der Waals surface area (Å²) in [6.07, 6.45) is 0.0637. The number of carbonyl (C=O) groups excluding carboxylic acids is 2. The maximum atomic E-state index is 12.8. The average Bonchev–Trinajstić information content (AvgIpc) is 3.15. The van der Waals surface area contributed by atoms with E-state index in [2.05, 4.69) is 15.3 Å². The van der Waals surface area contributed by atoms with Gasteiger partial charge in [0, 0.05) is 17.3 Å². The summed E-state index contributed by atoms with van der Waals surface area (Å²) in [4.78, 5) is 29.8. The van der Waals surface area contributed by atoms with E-state index in [4.69, 9.17) is 19.4 Å². The maximum Gasteiger partial charge on any atom is 0.336 e. The van der Waals surface area contributed by atoms with Crippen molar-refractivity contribution in [1.29, 1.82) is 5.26 Å². The summed E-state index contributed by atoms with van der Waals surface area (Å²) < 4.78 is 15.0. The number of hydrogen-bond donors (Lipinski definition) is 0. The predicted octanol–water partition coefficient (Wildman–Crippen LogP) is 2.30. The highest BCUT2D eigenvalue weighted by Gasteiger charge is 2.43. The summed E-state index contributed by atoms with van der Waals surface area (Å²) in [5.74, 6) is -2.75. The van der Waals surface area contributed by atoms with E-state index in [1.54, 1.807) is 32.0 Å². The van der Waals surface area contributed by atoms with Gasteiger partial charge in [-0.3, -0.25) is 9.79 Å². The summed E-state index contributed by atoms with van der Waals surface area (Å²) in [5, 5.41) is 16.5. The number of hydrogen-bond acceptors (Lipinski definition) is 9. The quantitative estimate of drug-likeness (QED) is 0.569. The number of carbonyl (C=O) groups is 2. The molecule has 1 aliphatic rings. The van der Waals surface area contributed by atoms with Gasteiger partial charge in [-0.15, -0.1) is 0 Å². The first-order valence-corrected chi connectivity index (χ1v) is 8.58. The van der Waals surface area contributed by atoms with Crippen LogP contribution < -0.4 is 0 Å². The highest BCUT2D eigenvalue weighted by molar-refractivity contribution is 6.07. The van der Waals surface area contributed by atoms with Crippen molar-refractivity contribution in [3.63, 3.8) is 0 Å². The molecule has 2 atom stereocenters. The average molecular weight is 382 g/mol. The standard InChI is InChI=1S/C19H18N4O5/c1-10-14(18(24)26-3)16(12-6-4-7-13-17(12)23-28-22-13)15(11(2)21-10)19(25)27-9-5-8-20/h4,6-7,14,16H,5,9H2,1-3H3. The van der Waals surface area contributed by atoms with E-state index in [9.17, 15) is 9.59 Å².